The zero-order chi connectivity index (χ0) is 36.0. The summed E-state index contributed by atoms with van der Waals surface area (Å²) in [7, 11) is 0. The standard InChI is InChI=1S/C49H29N3O3/c1-2-11-28(12-3-1)47-50-48(35-17-9-21-40-45(35)33-15-6-7-19-38(33)53-40)52-49(51-47)36-18-10-22-41-46(36)34-24-23-31(27-42(34)54-41)32-16-8-20-39-44(32)37-25-29-13-4-5-14-30(29)26-43(37)55-39/h1-11,13-28H,12H2. The molecule has 0 fully saturated rings. The van der Waals surface area contributed by atoms with Crippen LogP contribution >= 0.6 is 0 Å². The van der Waals surface area contributed by atoms with Crippen molar-refractivity contribution in [2.45, 2.75) is 12.3 Å². The number of benzene rings is 7. The van der Waals surface area contributed by atoms with E-state index < -0.39 is 0 Å². The summed E-state index contributed by atoms with van der Waals surface area (Å²) in [5, 5.41) is 8.52. The average Bonchev–Trinajstić information content (AvgIpc) is 3.93. The molecule has 1 unspecified atom stereocenters. The SMILES string of the molecule is C1=CCC(c2nc(-c3cccc4oc5ccccc5c34)nc(-c3cccc4oc5cc(-c6cccc7oc8cc9ccccc9cc8c67)ccc5c34)n2)C=C1. The van der Waals surface area contributed by atoms with Crippen LogP contribution in [-0.4, -0.2) is 15.0 Å². The molecule has 0 saturated heterocycles. The second kappa shape index (κ2) is 11.6. The second-order valence-corrected chi connectivity index (χ2v) is 14.2. The molecule has 1 aliphatic rings. The normalized spacial score (nSPS) is 14.5. The highest BCUT2D eigenvalue weighted by atomic mass is 16.3. The van der Waals surface area contributed by atoms with Crippen molar-refractivity contribution in [3.63, 3.8) is 0 Å². The Hall–Kier alpha value is -7.31. The van der Waals surface area contributed by atoms with E-state index in [1.54, 1.807) is 0 Å². The molecule has 0 bridgehead atoms. The van der Waals surface area contributed by atoms with Gasteiger partial charge >= 0.3 is 0 Å². The van der Waals surface area contributed by atoms with Gasteiger partial charge in [-0.25, -0.2) is 15.0 Å². The fourth-order valence-corrected chi connectivity index (χ4v) is 8.46. The summed E-state index contributed by atoms with van der Waals surface area (Å²) in [6.45, 7) is 0. The lowest BCUT2D eigenvalue weighted by molar-refractivity contribution is 0.668. The molecule has 1 aliphatic carbocycles. The summed E-state index contributed by atoms with van der Waals surface area (Å²) in [5.41, 5.74) is 8.88. The van der Waals surface area contributed by atoms with Crippen molar-refractivity contribution in [1.29, 1.82) is 0 Å². The van der Waals surface area contributed by atoms with Gasteiger partial charge in [-0.15, -0.1) is 0 Å². The van der Waals surface area contributed by atoms with Crippen LogP contribution in [0.25, 0.3) is 110 Å². The molecule has 1 atom stereocenters. The predicted molar refractivity (Wildman–Crippen MR) is 221 cm³/mol. The van der Waals surface area contributed by atoms with Crippen LogP contribution in [-0.2, 0) is 0 Å². The van der Waals surface area contributed by atoms with Crippen LogP contribution in [0, 0.1) is 0 Å². The summed E-state index contributed by atoms with van der Waals surface area (Å²) in [6, 6.07) is 45.8. The summed E-state index contributed by atoms with van der Waals surface area (Å²) < 4.78 is 19.3. The Morgan fingerprint density at radius 1 is 0.436 bits per heavy atom. The number of hydrogen-bond donors (Lipinski definition) is 0. The Kier molecular flexibility index (Phi) is 6.36. The largest absolute Gasteiger partial charge is 0.456 e. The zero-order valence-electron chi connectivity index (χ0n) is 29.4. The van der Waals surface area contributed by atoms with Gasteiger partial charge in [0.15, 0.2) is 11.6 Å². The first-order chi connectivity index (χ1) is 27.2. The highest BCUT2D eigenvalue weighted by Gasteiger charge is 2.23. The van der Waals surface area contributed by atoms with Crippen molar-refractivity contribution in [3.8, 4) is 33.9 Å². The van der Waals surface area contributed by atoms with E-state index in [0.29, 0.717) is 11.6 Å². The monoisotopic (exact) mass is 707 g/mol. The topological polar surface area (TPSA) is 78.1 Å². The minimum atomic E-state index is 0.0216. The lowest BCUT2D eigenvalue weighted by Crippen LogP contribution is -2.08. The van der Waals surface area contributed by atoms with Crippen molar-refractivity contribution in [2.75, 3.05) is 0 Å². The molecule has 0 N–H and O–H groups in total. The number of nitrogens with zero attached hydrogens (tertiary/aromatic N) is 3. The Labute approximate surface area is 313 Å². The smallest absolute Gasteiger partial charge is 0.164 e. The van der Waals surface area contributed by atoms with Gasteiger partial charge < -0.3 is 13.3 Å². The van der Waals surface area contributed by atoms with Crippen LogP contribution in [0.3, 0.4) is 0 Å². The molecule has 258 valence electrons. The van der Waals surface area contributed by atoms with E-state index in [4.69, 9.17) is 28.2 Å². The van der Waals surface area contributed by atoms with Crippen molar-refractivity contribution in [2.24, 2.45) is 0 Å². The maximum absolute atomic E-state index is 6.64. The molecular weight excluding hydrogens is 679 g/mol. The molecule has 11 aromatic rings. The highest BCUT2D eigenvalue weighted by molar-refractivity contribution is 6.17. The van der Waals surface area contributed by atoms with E-state index in [9.17, 15) is 0 Å². The predicted octanol–water partition coefficient (Wildman–Crippen LogP) is 13.3. The summed E-state index contributed by atoms with van der Waals surface area (Å²) in [6.07, 6.45) is 9.28. The van der Waals surface area contributed by atoms with E-state index in [0.717, 1.165) is 106 Å². The maximum Gasteiger partial charge on any atom is 0.164 e. The molecule has 4 heterocycles. The molecule has 6 heteroatoms. The van der Waals surface area contributed by atoms with Crippen LogP contribution < -0.4 is 0 Å². The fourth-order valence-electron chi connectivity index (χ4n) is 8.46. The fraction of sp³-hybridized carbons (Fsp3) is 0.0408. The molecule has 0 aliphatic heterocycles. The van der Waals surface area contributed by atoms with E-state index in [1.165, 1.54) is 5.39 Å². The van der Waals surface area contributed by atoms with Gasteiger partial charge in [0.05, 0.1) is 0 Å². The number of para-hydroxylation sites is 1. The van der Waals surface area contributed by atoms with Crippen LogP contribution in [0.4, 0.5) is 0 Å². The molecule has 0 radical (unpaired) electrons. The van der Waals surface area contributed by atoms with Gasteiger partial charge in [-0.1, -0.05) is 109 Å². The van der Waals surface area contributed by atoms with E-state index in [2.05, 4.69) is 109 Å². The minimum absolute atomic E-state index is 0.0216. The first kappa shape index (κ1) is 30.2. The Morgan fingerprint density at radius 2 is 1.02 bits per heavy atom. The molecule has 55 heavy (non-hydrogen) atoms. The molecule has 7 aromatic carbocycles. The molecule has 6 nitrogen and oxygen atoms in total. The molecule has 0 saturated carbocycles. The molecule has 12 rings (SSSR count). The third-order valence-corrected chi connectivity index (χ3v) is 11.0. The third kappa shape index (κ3) is 4.64. The molecule has 0 spiro atoms. The number of hydrogen-bond acceptors (Lipinski definition) is 6. The van der Waals surface area contributed by atoms with Crippen LogP contribution in [0.1, 0.15) is 18.2 Å². The number of rotatable bonds is 4. The van der Waals surface area contributed by atoms with Gasteiger partial charge in [0, 0.05) is 49.4 Å². The first-order valence-electron chi connectivity index (χ1n) is 18.5. The Morgan fingerprint density at radius 3 is 1.73 bits per heavy atom. The lowest BCUT2D eigenvalue weighted by atomic mass is 9.97. The average molecular weight is 708 g/mol. The number of furan rings is 3. The third-order valence-electron chi connectivity index (χ3n) is 11.0. The summed E-state index contributed by atoms with van der Waals surface area (Å²) in [4.78, 5) is 15.6. The van der Waals surface area contributed by atoms with Crippen LogP contribution in [0.15, 0.2) is 171 Å². The first-order valence-corrected chi connectivity index (χ1v) is 18.5. The van der Waals surface area contributed by atoms with Gasteiger partial charge in [0.25, 0.3) is 0 Å². The molecule has 0 amide bonds. The number of aromatic nitrogens is 3. The molecular formula is C49H29N3O3. The minimum Gasteiger partial charge on any atom is -0.456 e. The quantitative estimate of drug-likeness (QED) is 0.181. The Bertz CT molecular complexity index is 3440. The van der Waals surface area contributed by atoms with Gasteiger partial charge in [-0.2, -0.15) is 0 Å². The van der Waals surface area contributed by atoms with Gasteiger partial charge in [0.2, 0.25) is 0 Å². The van der Waals surface area contributed by atoms with E-state index >= 15 is 0 Å². The number of allylic oxidation sites excluding steroid dienone is 4. The highest BCUT2D eigenvalue weighted by Crippen LogP contribution is 2.43. The van der Waals surface area contributed by atoms with Crippen molar-refractivity contribution in [3.05, 3.63) is 164 Å². The maximum atomic E-state index is 6.64. The van der Waals surface area contributed by atoms with E-state index in [1.807, 2.05) is 48.5 Å². The zero-order valence-corrected chi connectivity index (χ0v) is 29.4. The van der Waals surface area contributed by atoms with Crippen molar-refractivity contribution < 1.29 is 13.3 Å². The van der Waals surface area contributed by atoms with Gasteiger partial charge in [-0.05, 0) is 76.9 Å². The van der Waals surface area contributed by atoms with Gasteiger partial charge in [0.1, 0.15) is 39.3 Å². The van der Waals surface area contributed by atoms with Crippen molar-refractivity contribution >= 4 is 76.6 Å². The lowest BCUT2D eigenvalue weighted by Gasteiger charge is -2.15. The van der Waals surface area contributed by atoms with Crippen LogP contribution in [0.5, 0.6) is 0 Å². The van der Waals surface area contributed by atoms with E-state index in [-0.39, 0.29) is 5.92 Å². The summed E-state index contributed by atoms with van der Waals surface area (Å²) in [5.74, 6) is 1.96. The summed E-state index contributed by atoms with van der Waals surface area (Å²) >= 11 is 0. The van der Waals surface area contributed by atoms with Crippen molar-refractivity contribution in [1.82, 2.24) is 15.0 Å². The Balaban J connectivity index is 1.05. The number of fused-ring (bicyclic) bond motifs is 10. The van der Waals surface area contributed by atoms with Crippen LogP contribution in [0.2, 0.25) is 0 Å². The molecule has 4 aromatic heterocycles. The second-order valence-electron chi connectivity index (χ2n) is 14.2. The van der Waals surface area contributed by atoms with Gasteiger partial charge in [-0.3, -0.25) is 0 Å².